The second-order valence-electron chi connectivity index (χ2n) is 4.98. The standard InChI is InChI=1S/C18H10Cl2N2O2/c19-13-6-4-11(5-7-13)17(23)15-8-9-16(22-21-15)18(24)12-2-1-3-14(20)10-12/h1-10H. The molecule has 0 fully saturated rings. The highest BCUT2D eigenvalue weighted by Crippen LogP contribution is 2.15. The van der Waals surface area contributed by atoms with Gasteiger partial charge in [0.05, 0.1) is 0 Å². The van der Waals surface area contributed by atoms with E-state index in [1.807, 2.05) is 0 Å². The van der Waals surface area contributed by atoms with Crippen molar-refractivity contribution in [3.63, 3.8) is 0 Å². The van der Waals surface area contributed by atoms with Crippen LogP contribution in [0.15, 0.2) is 60.7 Å². The molecule has 3 rings (SSSR count). The number of rotatable bonds is 4. The molecule has 1 heterocycles. The summed E-state index contributed by atoms with van der Waals surface area (Å²) in [4.78, 5) is 24.6. The average Bonchev–Trinajstić information content (AvgIpc) is 2.61. The van der Waals surface area contributed by atoms with Crippen molar-refractivity contribution in [2.75, 3.05) is 0 Å². The Hall–Kier alpha value is -2.56. The normalized spacial score (nSPS) is 10.4. The Labute approximate surface area is 148 Å². The van der Waals surface area contributed by atoms with E-state index >= 15 is 0 Å². The van der Waals surface area contributed by atoms with Gasteiger partial charge in [0, 0.05) is 21.2 Å². The Balaban J connectivity index is 1.84. The van der Waals surface area contributed by atoms with Crippen LogP contribution in [0, 0.1) is 0 Å². The fourth-order valence-corrected chi connectivity index (χ4v) is 2.42. The zero-order valence-corrected chi connectivity index (χ0v) is 13.8. The Bertz CT molecular complexity index is 907. The molecule has 0 saturated carbocycles. The molecule has 0 radical (unpaired) electrons. The van der Waals surface area contributed by atoms with Crippen molar-refractivity contribution in [2.24, 2.45) is 0 Å². The lowest BCUT2D eigenvalue weighted by Crippen LogP contribution is -2.10. The zero-order chi connectivity index (χ0) is 17.1. The molecule has 24 heavy (non-hydrogen) atoms. The first-order valence-corrected chi connectivity index (χ1v) is 7.74. The number of nitrogens with zero attached hydrogens (tertiary/aromatic N) is 2. The van der Waals surface area contributed by atoms with E-state index in [0.29, 0.717) is 21.2 Å². The average molecular weight is 357 g/mol. The third-order valence-electron chi connectivity index (χ3n) is 3.32. The first-order valence-electron chi connectivity index (χ1n) is 6.99. The van der Waals surface area contributed by atoms with Gasteiger partial charge in [0.2, 0.25) is 11.6 Å². The largest absolute Gasteiger partial charge is 0.287 e. The summed E-state index contributed by atoms with van der Waals surface area (Å²) in [5, 5.41) is 8.72. The summed E-state index contributed by atoms with van der Waals surface area (Å²) >= 11 is 11.7. The molecule has 2 aromatic carbocycles. The number of benzene rings is 2. The van der Waals surface area contributed by atoms with Crippen LogP contribution in [0.25, 0.3) is 0 Å². The molecule has 3 aromatic rings. The Kier molecular flexibility index (Phi) is 4.69. The van der Waals surface area contributed by atoms with Crippen LogP contribution in [0.1, 0.15) is 32.1 Å². The summed E-state index contributed by atoms with van der Waals surface area (Å²) in [6.07, 6.45) is 0. The summed E-state index contributed by atoms with van der Waals surface area (Å²) in [5.74, 6) is -0.601. The van der Waals surface area contributed by atoms with E-state index in [4.69, 9.17) is 23.2 Å². The van der Waals surface area contributed by atoms with Crippen LogP contribution in [0.4, 0.5) is 0 Å². The topological polar surface area (TPSA) is 59.9 Å². The minimum Gasteiger partial charge on any atom is -0.287 e. The van der Waals surface area contributed by atoms with Gasteiger partial charge in [-0.25, -0.2) is 0 Å². The van der Waals surface area contributed by atoms with Crippen LogP contribution in [-0.4, -0.2) is 21.8 Å². The lowest BCUT2D eigenvalue weighted by molar-refractivity contribution is 0.101. The van der Waals surface area contributed by atoms with Gasteiger partial charge in [0.1, 0.15) is 11.4 Å². The van der Waals surface area contributed by atoms with Gasteiger partial charge in [0.25, 0.3) is 0 Å². The fourth-order valence-electron chi connectivity index (χ4n) is 2.10. The van der Waals surface area contributed by atoms with E-state index in [9.17, 15) is 9.59 Å². The molecule has 0 saturated heterocycles. The first-order chi connectivity index (χ1) is 11.5. The molecule has 1 aromatic heterocycles. The van der Waals surface area contributed by atoms with E-state index in [-0.39, 0.29) is 23.0 Å². The minimum atomic E-state index is -0.310. The number of ketones is 2. The summed E-state index contributed by atoms with van der Waals surface area (Å²) in [6.45, 7) is 0. The van der Waals surface area contributed by atoms with Crippen molar-refractivity contribution in [1.82, 2.24) is 10.2 Å². The predicted octanol–water partition coefficient (Wildman–Crippen LogP) is 4.25. The third kappa shape index (κ3) is 3.50. The van der Waals surface area contributed by atoms with E-state index in [2.05, 4.69) is 10.2 Å². The lowest BCUT2D eigenvalue weighted by Gasteiger charge is -2.03. The van der Waals surface area contributed by atoms with Gasteiger partial charge >= 0.3 is 0 Å². The molecule has 118 valence electrons. The number of aromatic nitrogens is 2. The highest BCUT2D eigenvalue weighted by Gasteiger charge is 2.15. The van der Waals surface area contributed by atoms with Gasteiger partial charge in [-0.3, -0.25) is 9.59 Å². The number of hydrogen-bond acceptors (Lipinski definition) is 4. The van der Waals surface area contributed by atoms with Crippen molar-refractivity contribution >= 4 is 34.8 Å². The highest BCUT2D eigenvalue weighted by molar-refractivity contribution is 6.31. The smallest absolute Gasteiger partial charge is 0.213 e. The Morgan fingerprint density at radius 1 is 0.667 bits per heavy atom. The number of carbonyl (C=O) groups excluding carboxylic acids is 2. The van der Waals surface area contributed by atoms with Crippen molar-refractivity contribution < 1.29 is 9.59 Å². The predicted molar refractivity (Wildman–Crippen MR) is 91.8 cm³/mol. The monoisotopic (exact) mass is 356 g/mol. The SMILES string of the molecule is O=C(c1ccc(Cl)cc1)c1ccc(C(=O)c2cccc(Cl)c2)nn1. The van der Waals surface area contributed by atoms with Crippen LogP contribution in [0.2, 0.25) is 10.0 Å². The maximum absolute atomic E-state index is 12.3. The summed E-state index contributed by atoms with van der Waals surface area (Å²) < 4.78 is 0. The molecule has 0 unspecified atom stereocenters. The fraction of sp³-hybridized carbons (Fsp3) is 0. The van der Waals surface area contributed by atoms with Gasteiger partial charge in [-0.05, 0) is 48.5 Å². The molecule has 0 atom stereocenters. The van der Waals surface area contributed by atoms with E-state index in [1.165, 1.54) is 12.1 Å². The maximum atomic E-state index is 12.3. The maximum Gasteiger partial charge on any atom is 0.213 e. The first kappa shape index (κ1) is 16.3. The van der Waals surface area contributed by atoms with Crippen molar-refractivity contribution in [3.8, 4) is 0 Å². The van der Waals surface area contributed by atoms with Crippen molar-refractivity contribution in [1.29, 1.82) is 0 Å². The van der Waals surface area contributed by atoms with Crippen molar-refractivity contribution in [2.45, 2.75) is 0 Å². The Morgan fingerprint density at radius 2 is 1.25 bits per heavy atom. The minimum absolute atomic E-state index is 0.143. The lowest BCUT2D eigenvalue weighted by atomic mass is 10.1. The molecule has 0 bridgehead atoms. The quantitative estimate of drug-likeness (QED) is 0.655. The molecule has 4 nitrogen and oxygen atoms in total. The molecule has 0 aliphatic carbocycles. The Morgan fingerprint density at radius 3 is 1.79 bits per heavy atom. The molecule has 0 aliphatic heterocycles. The molecule has 0 N–H and O–H groups in total. The summed E-state index contributed by atoms with van der Waals surface area (Å²) in [5.41, 5.74) is 1.15. The van der Waals surface area contributed by atoms with Gasteiger partial charge in [-0.1, -0.05) is 35.3 Å². The summed E-state index contributed by atoms with van der Waals surface area (Å²) in [7, 11) is 0. The molecule has 6 heteroatoms. The third-order valence-corrected chi connectivity index (χ3v) is 3.81. The summed E-state index contributed by atoms with van der Waals surface area (Å²) in [6, 6.07) is 16.0. The highest BCUT2D eigenvalue weighted by atomic mass is 35.5. The van der Waals surface area contributed by atoms with Crippen LogP contribution in [0.5, 0.6) is 0 Å². The second kappa shape index (κ2) is 6.91. The van der Waals surface area contributed by atoms with Gasteiger partial charge in [-0.2, -0.15) is 0 Å². The van der Waals surface area contributed by atoms with E-state index in [1.54, 1.807) is 48.5 Å². The molecule has 0 spiro atoms. The van der Waals surface area contributed by atoms with Crippen molar-refractivity contribution in [3.05, 3.63) is 93.2 Å². The zero-order valence-electron chi connectivity index (χ0n) is 12.2. The van der Waals surface area contributed by atoms with E-state index < -0.39 is 0 Å². The van der Waals surface area contributed by atoms with Crippen LogP contribution >= 0.6 is 23.2 Å². The molecule has 0 aliphatic rings. The second-order valence-corrected chi connectivity index (χ2v) is 5.85. The van der Waals surface area contributed by atoms with Crippen LogP contribution in [0.3, 0.4) is 0 Å². The van der Waals surface area contributed by atoms with Crippen LogP contribution < -0.4 is 0 Å². The number of halogens is 2. The molecular weight excluding hydrogens is 347 g/mol. The molecular formula is C18H10Cl2N2O2. The number of hydrogen-bond donors (Lipinski definition) is 0. The van der Waals surface area contributed by atoms with Gasteiger partial charge < -0.3 is 0 Å². The van der Waals surface area contributed by atoms with Gasteiger partial charge in [0.15, 0.2) is 0 Å². The van der Waals surface area contributed by atoms with E-state index in [0.717, 1.165) is 0 Å². The number of carbonyl (C=O) groups is 2. The molecule has 0 amide bonds. The van der Waals surface area contributed by atoms with Gasteiger partial charge in [-0.15, -0.1) is 10.2 Å². The van der Waals surface area contributed by atoms with Crippen LogP contribution in [-0.2, 0) is 0 Å².